The molecule has 4 rings (SSSR count). The van der Waals surface area contributed by atoms with Gasteiger partial charge in [0, 0.05) is 24.2 Å². The molecule has 0 unspecified atom stereocenters. The monoisotopic (exact) mass is 400 g/mol. The van der Waals surface area contributed by atoms with Crippen LogP contribution >= 0.6 is 0 Å². The van der Waals surface area contributed by atoms with Crippen molar-refractivity contribution in [1.29, 1.82) is 0 Å². The van der Waals surface area contributed by atoms with E-state index >= 15 is 0 Å². The van der Waals surface area contributed by atoms with Crippen LogP contribution in [-0.4, -0.2) is 31.5 Å². The van der Waals surface area contributed by atoms with E-state index in [1.165, 1.54) is 0 Å². The number of aromatic nitrogens is 2. The molecule has 1 aromatic heterocycles. The van der Waals surface area contributed by atoms with Crippen LogP contribution in [0.3, 0.4) is 0 Å². The number of hydrogen-bond acceptors (Lipinski definition) is 6. The maximum absolute atomic E-state index is 5.43. The van der Waals surface area contributed by atoms with Gasteiger partial charge in [-0.3, -0.25) is 10.4 Å². The zero-order valence-electron chi connectivity index (χ0n) is 17.3. The maximum Gasteiger partial charge on any atom is 0.175 e. The van der Waals surface area contributed by atoms with Gasteiger partial charge in [0.15, 0.2) is 17.3 Å². The van der Waals surface area contributed by atoms with E-state index in [-0.39, 0.29) is 0 Å². The van der Waals surface area contributed by atoms with E-state index in [4.69, 9.17) is 9.47 Å². The first-order valence-corrected chi connectivity index (χ1v) is 9.70. The summed E-state index contributed by atoms with van der Waals surface area (Å²) in [5, 5.41) is 13.0. The Morgan fingerprint density at radius 1 is 0.800 bits per heavy atom. The van der Waals surface area contributed by atoms with Gasteiger partial charge in [-0.15, -0.1) is 5.10 Å². The summed E-state index contributed by atoms with van der Waals surface area (Å²) in [5.41, 5.74) is 6.37. The summed E-state index contributed by atoms with van der Waals surface area (Å²) >= 11 is 0. The van der Waals surface area contributed by atoms with Crippen LogP contribution in [0.25, 0.3) is 10.8 Å². The minimum absolute atomic E-state index is 0.642. The number of nitrogens with zero attached hydrogens (tertiary/aromatic N) is 3. The molecule has 152 valence electrons. The molecule has 4 aromatic rings. The van der Waals surface area contributed by atoms with Crippen molar-refractivity contribution >= 4 is 22.3 Å². The van der Waals surface area contributed by atoms with Crippen LogP contribution in [0.1, 0.15) is 11.3 Å². The first-order chi connectivity index (χ1) is 14.7. The second-order valence-electron chi connectivity index (χ2n) is 6.91. The number of hydrazine groups is 1. The molecule has 6 nitrogen and oxygen atoms in total. The Kier molecular flexibility index (Phi) is 5.66. The topological polar surface area (TPSA) is 59.5 Å². The van der Waals surface area contributed by atoms with Gasteiger partial charge >= 0.3 is 0 Å². The predicted octanol–water partition coefficient (Wildman–Crippen LogP) is 4.70. The molecule has 1 N–H and O–H groups in total. The molecule has 0 saturated carbocycles. The zero-order chi connectivity index (χ0) is 20.9. The zero-order valence-corrected chi connectivity index (χ0v) is 17.3. The van der Waals surface area contributed by atoms with Gasteiger partial charge in [-0.2, -0.15) is 5.10 Å². The molecule has 0 aliphatic carbocycles. The molecule has 3 aromatic carbocycles. The molecule has 6 heteroatoms. The Balaban J connectivity index is 1.66. The number of rotatable bonds is 7. The number of anilines is 2. The molecule has 0 fully saturated rings. The van der Waals surface area contributed by atoms with Crippen molar-refractivity contribution in [3.63, 3.8) is 0 Å². The molecule has 30 heavy (non-hydrogen) atoms. The van der Waals surface area contributed by atoms with Crippen LogP contribution in [-0.2, 0) is 6.42 Å². The largest absolute Gasteiger partial charge is 0.493 e. The van der Waals surface area contributed by atoms with Crippen LogP contribution < -0.4 is 19.9 Å². The fraction of sp³-hybridized carbons (Fsp3) is 0.167. The van der Waals surface area contributed by atoms with E-state index < -0.39 is 0 Å². The lowest BCUT2D eigenvalue weighted by molar-refractivity contribution is 0.354. The minimum atomic E-state index is 0.642. The predicted molar refractivity (Wildman–Crippen MR) is 120 cm³/mol. The molecule has 0 radical (unpaired) electrons. The average Bonchev–Trinajstić information content (AvgIpc) is 2.81. The molecule has 0 aliphatic rings. The number of para-hydroxylation sites is 1. The molecule has 0 spiro atoms. The Morgan fingerprint density at radius 3 is 2.23 bits per heavy atom. The van der Waals surface area contributed by atoms with E-state index in [1.54, 1.807) is 14.2 Å². The van der Waals surface area contributed by atoms with Gasteiger partial charge in [0.05, 0.1) is 25.6 Å². The number of ether oxygens (including phenoxy) is 2. The second-order valence-corrected chi connectivity index (χ2v) is 6.91. The molecule has 0 saturated heterocycles. The highest BCUT2D eigenvalue weighted by atomic mass is 16.5. The Labute approximate surface area is 176 Å². The van der Waals surface area contributed by atoms with E-state index in [2.05, 4.69) is 27.8 Å². The maximum atomic E-state index is 5.43. The Bertz CT molecular complexity index is 1150. The number of fused-ring (bicyclic) bond motifs is 1. The molecule has 0 aliphatic heterocycles. The highest BCUT2D eigenvalue weighted by molar-refractivity contribution is 5.93. The van der Waals surface area contributed by atoms with Crippen molar-refractivity contribution in [1.82, 2.24) is 10.2 Å². The van der Waals surface area contributed by atoms with Crippen molar-refractivity contribution in [3.8, 4) is 11.5 Å². The van der Waals surface area contributed by atoms with Gasteiger partial charge in [0.2, 0.25) is 0 Å². The van der Waals surface area contributed by atoms with Crippen molar-refractivity contribution < 1.29 is 9.47 Å². The van der Waals surface area contributed by atoms with Crippen molar-refractivity contribution in [2.75, 3.05) is 31.7 Å². The SMILES string of the molecule is COc1ccc(Cc2nnc(NN(C)c3ccccc3)c3ccccc23)cc1OC. The summed E-state index contributed by atoms with van der Waals surface area (Å²) in [6.45, 7) is 0. The Hall–Kier alpha value is -3.80. The molecule has 0 atom stereocenters. The molecular weight excluding hydrogens is 376 g/mol. The smallest absolute Gasteiger partial charge is 0.175 e. The van der Waals surface area contributed by atoms with E-state index in [0.29, 0.717) is 23.7 Å². The highest BCUT2D eigenvalue weighted by Gasteiger charge is 2.13. The number of methoxy groups -OCH3 is 2. The number of nitrogens with one attached hydrogen (secondary N) is 1. The normalized spacial score (nSPS) is 10.6. The van der Waals surface area contributed by atoms with Crippen LogP contribution in [0.2, 0.25) is 0 Å². The van der Waals surface area contributed by atoms with Crippen LogP contribution in [0, 0.1) is 0 Å². The third-order valence-electron chi connectivity index (χ3n) is 5.00. The first-order valence-electron chi connectivity index (χ1n) is 9.70. The van der Waals surface area contributed by atoms with Crippen molar-refractivity contribution in [3.05, 3.63) is 84.1 Å². The summed E-state index contributed by atoms with van der Waals surface area (Å²) in [6, 6.07) is 24.2. The van der Waals surface area contributed by atoms with Gasteiger partial charge in [-0.1, -0.05) is 48.5 Å². The van der Waals surface area contributed by atoms with Crippen LogP contribution in [0.4, 0.5) is 11.5 Å². The van der Waals surface area contributed by atoms with Gasteiger partial charge in [0.25, 0.3) is 0 Å². The van der Waals surface area contributed by atoms with Gasteiger partial charge in [-0.25, -0.2) is 0 Å². The summed E-state index contributed by atoms with van der Waals surface area (Å²) in [7, 11) is 5.23. The van der Waals surface area contributed by atoms with Gasteiger partial charge < -0.3 is 9.47 Å². The lowest BCUT2D eigenvalue weighted by Gasteiger charge is -2.21. The second kappa shape index (κ2) is 8.69. The number of hydrogen-bond donors (Lipinski definition) is 1. The minimum Gasteiger partial charge on any atom is -0.493 e. The molecule has 0 amide bonds. The van der Waals surface area contributed by atoms with Crippen LogP contribution in [0.5, 0.6) is 11.5 Å². The third kappa shape index (κ3) is 3.98. The standard InChI is InChI=1S/C24H24N4O2/c1-28(18-9-5-4-6-10-18)27-24-20-12-8-7-11-19(20)21(25-26-24)15-17-13-14-22(29-2)23(16-17)30-3/h4-14,16H,15H2,1-3H3,(H,26,27). The summed E-state index contributed by atoms with van der Waals surface area (Å²) < 4.78 is 10.8. The summed E-state index contributed by atoms with van der Waals surface area (Å²) in [5.74, 6) is 2.13. The lowest BCUT2D eigenvalue weighted by atomic mass is 10.0. The summed E-state index contributed by atoms with van der Waals surface area (Å²) in [4.78, 5) is 0. The molecule has 0 bridgehead atoms. The van der Waals surface area contributed by atoms with Gasteiger partial charge in [-0.05, 0) is 29.8 Å². The fourth-order valence-electron chi connectivity index (χ4n) is 3.43. The van der Waals surface area contributed by atoms with Crippen molar-refractivity contribution in [2.24, 2.45) is 0 Å². The van der Waals surface area contributed by atoms with Gasteiger partial charge in [0.1, 0.15) is 0 Å². The quantitative estimate of drug-likeness (QED) is 0.454. The molecular formula is C24H24N4O2. The first kappa shape index (κ1) is 19.5. The molecule has 1 heterocycles. The van der Waals surface area contributed by atoms with E-state index in [1.807, 2.05) is 72.7 Å². The number of benzene rings is 3. The average molecular weight is 400 g/mol. The van der Waals surface area contributed by atoms with E-state index in [9.17, 15) is 0 Å². The Morgan fingerprint density at radius 2 is 1.50 bits per heavy atom. The lowest BCUT2D eigenvalue weighted by Crippen LogP contribution is -2.25. The fourth-order valence-corrected chi connectivity index (χ4v) is 3.43. The van der Waals surface area contributed by atoms with Crippen LogP contribution in [0.15, 0.2) is 72.8 Å². The van der Waals surface area contributed by atoms with E-state index in [0.717, 1.165) is 27.7 Å². The summed E-state index contributed by atoms with van der Waals surface area (Å²) in [6.07, 6.45) is 0.642. The van der Waals surface area contributed by atoms with Crippen molar-refractivity contribution in [2.45, 2.75) is 6.42 Å². The highest BCUT2D eigenvalue weighted by Crippen LogP contribution is 2.30. The third-order valence-corrected chi connectivity index (χ3v) is 5.00.